The second kappa shape index (κ2) is 6.61. The van der Waals surface area contributed by atoms with E-state index in [0.29, 0.717) is 0 Å². The molecule has 0 bridgehead atoms. The van der Waals surface area contributed by atoms with E-state index in [-0.39, 0.29) is 5.54 Å². The Morgan fingerprint density at radius 3 is 1.83 bits per heavy atom. The van der Waals surface area contributed by atoms with Crippen molar-refractivity contribution in [2.24, 2.45) is 14.9 Å². The standard InChI is InChI=1S/C14H37N6PSi2/c1-12-18-15-16-20(14(3,4)5)21(18,17-22(6,7)8)19(13-2)23(9,10)11/h12-13H2,1-11H3. The van der Waals surface area contributed by atoms with Crippen molar-refractivity contribution in [3.8, 4) is 0 Å². The van der Waals surface area contributed by atoms with Crippen LogP contribution in [-0.2, 0) is 0 Å². The second-order valence-electron chi connectivity index (χ2n) is 9.02. The molecule has 0 fully saturated rings. The summed E-state index contributed by atoms with van der Waals surface area (Å²) in [7, 11) is -5.40. The first-order valence-electron chi connectivity index (χ1n) is 8.62. The summed E-state index contributed by atoms with van der Waals surface area (Å²) in [5, 5.41) is 9.19. The van der Waals surface area contributed by atoms with E-state index in [1.807, 2.05) is 0 Å². The average Bonchev–Trinajstić information content (AvgIpc) is 2.63. The van der Waals surface area contributed by atoms with Crippen LogP contribution in [0.25, 0.3) is 0 Å². The SMILES string of the molecule is CCN1N=NN(C(C)(C)C)P1(=N[Si](C)(C)C)N(CC)[Si](C)(C)C. The minimum absolute atomic E-state index is 0.0998. The van der Waals surface area contributed by atoms with Gasteiger partial charge in [-0.25, -0.2) is 9.56 Å². The first-order chi connectivity index (χ1) is 10.2. The molecule has 1 atom stereocenters. The van der Waals surface area contributed by atoms with Crippen molar-refractivity contribution in [2.45, 2.75) is 79.4 Å². The number of rotatable bonds is 5. The third-order valence-electron chi connectivity index (χ3n) is 3.51. The van der Waals surface area contributed by atoms with Gasteiger partial charge in [0.05, 0.1) is 5.54 Å². The summed E-state index contributed by atoms with van der Waals surface area (Å²) in [4.78, 5) is 0. The molecule has 0 saturated heterocycles. The van der Waals surface area contributed by atoms with Crippen molar-refractivity contribution in [1.29, 1.82) is 0 Å². The Labute approximate surface area is 145 Å². The second-order valence-corrected chi connectivity index (χ2v) is 21.8. The summed E-state index contributed by atoms with van der Waals surface area (Å²) in [5.74, 6) is 0. The largest absolute Gasteiger partial charge is 0.289 e. The maximum Gasteiger partial charge on any atom is 0.237 e. The van der Waals surface area contributed by atoms with Crippen LogP contribution < -0.4 is 0 Å². The third kappa shape index (κ3) is 4.27. The fraction of sp³-hybridized carbons (Fsp3) is 1.00. The Hall–Kier alpha value is -0.176. The molecule has 1 rings (SSSR count). The molecule has 0 aromatic heterocycles. The highest BCUT2D eigenvalue weighted by atomic mass is 31.2. The van der Waals surface area contributed by atoms with Crippen molar-refractivity contribution in [3.05, 3.63) is 0 Å². The van der Waals surface area contributed by atoms with E-state index < -0.39 is 24.0 Å². The third-order valence-corrected chi connectivity index (χ3v) is 14.6. The summed E-state index contributed by atoms with van der Waals surface area (Å²) in [6.45, 7) is 27.1. The summed E-state index contributed by atoms with van der Waals surface area (Å²) in [6.07, 6.45) is 0. The van der Waals surface area contributed by atoms with Crippen molar-refractivity contribution in [3.63, 3.8) is 0 Å². The number of nitrogens with zero attached hydrogens (tertiary/aromatic N) is 6. The van der Waals surface area contributed by atoms with Gasteiger partial charge in [0.2, 0.25) is 7.51 Å². The van der Waals surface area contributed by atoms with Crippen LogP contribution in [-0.4, -0.2) is 49.0 Å². The maximum atomic E-state index is 5.55. The van der Waals surface area contributed by atoms with Gasteiger partial charge in [-0.1, -0.05) is 26.6 Å². The monoisotopic (exact) mass is 376 g/mol. The van der Waals surface area contributed by atoms with Gasteiger partial charge in [0.15, 0.2) is 8.24 Å². The van der Waals surface area contributed by atoms with Crippen LogP contribution in [0, 0.1) is 0 Å². The molecule has 0 amide bonds. The topological polar surface area (TPSA) is 46.8 Å². The van der Waals surface area contributed by atoms with Crippen LogP contribution in [0.15, 0.2) is 14.9 Å². The van der Waals surface area contributed by atoms with E-state index in [4.69, 9.17) is 4.41 Å². The lowest BCUT2D eigenvalue weighted by Gasteiger charge is -2.50. The summed E-state index contributed by atoms with van der Waals surface area (Å²) >= 11 is 0. The maximum absolute atomic E-state index is 5.55. The lowest BCUT2D eigenvalue weighted by Crippen LogP contribution is -2.51. The minimum Gasteiger partial charge on any atom is -0.289 e. The predicted molar refractivity (Wildman–Crippen MR) is 107 cm³/mol. The van der Waals surface area contributed by atoms with Crippen LogP contribution >= 0.6 is 7.51 Å². The Morgan fingerprint density at radius 2 is 1.52 bits per heavy atom. The van der Waals surface area contributed by atoms with Crippen molar-refractivity contribution in [1.82, 2.24) is 13.9 Å². The molecule has 0 saturated carbocycles. The van der Waals surface area contributed by atoms with E-state index in [1.165, 1.54) is 0 Å². The van der Waals surface area contributed by atoms with Crippen LogP contribution in [0.2, 0.25) is 39.3 Å². The number of hydrogen-bond donors (Lipinski definition) is 0. The van der Waals surface area contributed by atoms with Gasteiger partial charge in [0, 0.05) is 6.54 Å². The molecule has 9 heteroatoms. The lowest BCUT2D eigenvalue weighted by atomic mass is 10.1. The normalized spacial score (nSPS) is 23.1. The van der Waals surface area contributed by atoms with Gasteiger partial charge in [0.1, 0.15) is 8.24 Å². The molecule has 1 aliphatic heterocycles. The fourth-order valence-electron chi connectivity index (χ4n) is 2.92. The van der Waals surface area contributed by atoms with E-state index in [1.54, 1.807) is 0 Å². The van der Waals surface area contributed by atoms with Crippen LogP contribution in [0.3, 0.4) is 0 Å². The van der Waals surface area contributed by atoms with Gasteiger partial charge < -0.3 is 0 Å². The smallest absolute Gasteiger partial charge is 0.237 e. The molecule has 0 aliphatic carbocycles. The molecule has 1 aliphatic rings. The molecule has 23 heavy (non-hydrogen) atoms. The van der Waals surface area contributed by atoms with Crippen molar-refractivity contribution < 1.29 is 0 Å². The molecule has 0 N–H and O–H groups in total. The predicted octanol–water partition coefficient (Wildman–Crippen LogP) is 5.64. The highest BCUT2D eigenvalue weighted by molar-refractivity contribution is 7.62. The van der Waals surface area contributed by atoms with Gasteiger partial charge >= 0.3 is 0 Å². The van der Waals surface area contributed by atoms with E-state index in [0.717, 1.165) is 13.1 Å². The zero-order valence-corrected chi connectivity index (χ0v) is 19.9. The average molecular weight is 377 g/mol. The highest BCUT2D eigenvalue weighted by Gasteiger charge is 2.52. The molecular weight excluding hydrogens is 339 g/mol. The Bertz CT molecular complexity index is 501. The summed E-state index contributed by atoms with van der Waals surface area (Å²) in [6, 6.07) is 0. The van der Waals surface area contributed by atoms with Gasteiger partial charge in [-0.3, -0.25) is 8.75 Å². The summed E-state index contributed by atoms with van der Waals surface area (Å²) in [5.41, 5.74) is -0.0998. The molecule has 0 radical (unpaired) electrons. The quantitative estimate of drug-likeness (QED) is 0.460. The zero-order chi connectivity index (χ0) is 18.3. The molecule has 6 nitrogen and oxygen atoms in total. The van der Waals surface area contributed by atoms with Gasteiger partial charge in [-0.15, -0.1) is 0 Å². The zero-order valence-electron chi connectivity index (χ0n) is 17.0. The molecule has 0 spiro atoms. The van der Waals surface area contributed by atoms with Crippen LogP contribution in [0.4, 0.5) is 0 Å². The first kappa shape index (κ1) is 20.9. The van der Waals surface area contributed by atoms with E-state index >= 15 is 0 Å². The summed E-state index contributed by atoms with van der Waals surface area (Å²) < 4.78 is 12.7. The Kier molecular flexibility index (Phi) is 6.00. The molecule has 136 valence electrons. The van der Waals surface area contributed by atoms with Crippen molar-refractivity contribution in [2.75, 3.05) is 13.1 Å². The van der Waals surface area contributed by atoms with Crippen molar-refractivity contribution >= 4 is 24.0 Å². The fourth-order valence-corrected chi connectivity index (χ4v) is 15.0. The Morgan fingerprint density at radius 1 is 1.00 bits per heavy atom. The number of hydrogen-bond acceptors (Lipinski definition) is 3. The molecule has 0 aromatic rings. The lowest BCUT2D eigenvalue weighted by molar-refractivity contribution is 0.257. The molecule has 0 aromatic carbocycles. The van der Waals surface area contributed by atoms with Gasteiger partial charge in [0.25, 0.3) is 0 Å². The van der Waals surface area contributed by atoms with Crippen LogP contribution in [0.5, 0.6) is 0 Å². The minimum atomic E-state index is -2.13. The Balaban J connectivity index is 3.78. The van der Waals surface area contributed by atoms with E-state index in [2.05, 4.69) is 98.2 Å². The molecular formula is C14H37N6PSi2. The van der Waals surface area contributed by atoms with Gasteiger partial charge in [-0.05, 0) is 64.3 Å². The van der Waals surface area contributed by atoms with E-state index in [9.17, 15) is 0 Å². The van der Waals surface area contributed by atoms with Crippen LogP contribution in [0.1, 0.15) is 34.6 Å². The van der Waals surface area contributed by atoms with Gasteiger partial charge in [-0.2, -0.15) is 0 Å². The highest BCUT2D eigenvalue weighted by Crippen LogP contribution is 2.67. The first-order valence-corrected chi connectivity index (χ1v) is 17.1. The molecule has 1 heterocycles. The molecule has 1 unspecified atom stereocenters.